The fourth-order valence-corrected chi connectivity index (χ4v) is 3.70. The summed E-state index contributed by atoms with van der Waals surface area (Å²) in [7, 11) is 3.09. The second-order valence-electron chi connectivity index (χ2n) is 7.27. The average Bonchev–Trinajstić information content (AvgIpc) is 2.76. The number of para-hydroxylation sites is 2. The summed E-state index contributed by atoms with van der Waals surface area (Å²) in [6.07, 6.45) is -0.661. The Kier molecular flexibility index (Phi) is 5.14. The molecule has 1 fully saturated rings. The van der Waals surface area contributed by atoms with Crippen molar-refractivity contribution in [2.24, 2.45) is 14.1 Å². The van der Waals surface area contributed by atoms with Crippen molar-refractivity contribution in [2.75, 3.05) is 37.7 Å². The van der Waals surface area contributed by atoms with Crippen LogP contribution in [0.3, 0.4) is 0 Å². The molecule has 29 heavy (non-hydrogen) atoms. The molecular formula is C20H24N4O5. The first kappa shape index (κ1) is 19.3. The van der Waals surface area contributed by atoms with Crippen molar-refractivity contribution >= 4 is 11.6 Å². The maximum Gasteiger partial charge on any atom is 0.330 e. The van der Waals surface area contributed by atoms with Gasteiger partial charge in [-0.05, 0) is 12.1 Å². The molecule has 1 unspecified atom stereocenters. The number of anilines is 1. The third-order valence-corrected chi connectivity index (χ3v) is 5.44. The van der Waals surface area contributed by atoms with E-state index >= 15 is 0 Å². The molecule has 0 radical (unpaired) electrons. The molecule has 3 heterocycles. The van der Waals surface area contributed by atoms with Crippen molar-refractivity contribution in [1.82, 2.24) is 14.0 Å². The minimum absolute atomic E-state index is 0.0781. The number of morpholine rings is 1. The largest absolute Gasteiger partial charge is 0.477 e. The van der Waals surface area contributed by atoms with E-state index in [1.165, 1.54) is 17.7 Å². The van der Waals surface area contributed by atoms with E-state index in [0.29, 0.717) is 50.8 Å². The van der Waals surface area contributed by atoms with Crippen LogP contribution in [0.1, 0.15) is 5.69 Å². The summed E-state index contributed by atoms with van der Waals surface area (Å²) < 4.78 is 13.9. The SMILES string of the molecule is Cn1c(CN2CC(C(=O)N3CCOCC3)Oc3ccccc32)cc(=O)n(C)c1=O. The van der Waals surface area contributed by atoms with Gasteiger partial charge in [0, 0.05) is 38.9 Å². The van der Waals surface area contributed by atoms with Gasteiger partial charge in [0.2, 0.25) is 0 Å². The maximum absolute atomic E-state index is 13.0. The highest BCUT2D eigenvalue weighted by Crippen LogP contribution is 2.34. The molecule has 154 valence electrons. The number of hydrogen-bond donors (Lipinski definition) is 0. The molecule has 1 aromatic heterocycles. The first-order valence-corrected chi connectivity index (χ1v) is 9.59. The Morgan fingerprint density at radius 1 is 1.10 bits per heavy atom. The van der Waals surface area contributed by atoms with Gasteiger partial charge in [0.1, 0.15) is 5.75 Å². The number of nitrogens with zero attached hydrogens (tertiary/aromatic N) is 4. The Balaban J connectivity index is 1.64. The number of hydrogen-bond acceptors (Lipinski definition) is 6. The zero-order valence-corrected chi connectivity index (χ0v) is 16.5. The summed E-state index contributed by atoms with van der Waals surface area (Å²) in [5, 5.41) is 0. The topological polar surface area (TPSA) is 86.0 Å². The quantitative estimate of drug-likeness (QED) is 0.704. The molecule has 9 nitrogen and oxygen atoms in total. The van der Waals surface area contributed by atoms with Gasteiger partial charge in [-0.15, -0.1) is 0 Å². The molecule has 4 rings (SSSR count). The van der Waals surface area contributed by atoms with Crippen LogP contribution in [0.4, 0.5) is 5.69 Å². The van der Waals surface area contributed by atoms with Gasteiger partial charge in [-0.1, -0.05) is 12.1 Å². The number of fused-ring (bicyclic) bond motifs is 1. The number of ether oxygens (including phenoxy) is 2. The van der Waals surface area contributed by atoms with Gasteiger partial charge in [0.25, 0.3) is 11.5 Å². The van der Waals surface area contributed by atoms with Crippen LogP contribution in [0, 0.1) is 0 Å². The highest BCUT2D eigenvalue weighted by atomic mass is 16.5. The second-order valence-corrected chi connectivity index (χ2v) is 7.27. The number of aromatic nitrogens is 2. The van der Waals surface area contributed by atoms with E-state index in [1.807, 2.05) is 29.2 Å². The van der Waals surface area contributed by atoms with E-state index in [0.717, 1.165) is 10.3 Å². The van der Waals surface area contributed by atoms with Crippen LogP contribution in [0.15, 0.2) is 39.9 Å². The van der Waals surface area contributed by atoms with Crippen LogP contribution in [-0.2, 0) is 30.2 Å². The van der Waals surface area contributed by atoms with Gasteiger partial charge in [0.15, 0.2) is 6.10 Å². The van der Waals surface area contributed by atoms with Crippen LogP contribution in [-0.4, -0.2) is 58.9 Å². The molecule has 0 N–H and O–H groups in total. The number of carbonyl (C=O) groups is 1. The lowest BCUT2D eigenvalue weighted by Crippen LogP contribution is -2.53. The molecule has 1 saturated heterocycles. The summed E-state index contributed by atoms with van der Waals surface area (Å²) in [5.41, 5.74) is 0.666. The molecule has 0 spiro atoms. The van der Waals surface area contributed by atoms with Crippen molar-refractivity contribution in [3.63, 3.8) is 0 Å². The Bertz CT molecular complexity index is 1040. The highest BCUT2D eigenvalue weighted by molar-refractivity contribution is 5.83. The Labute approximate surface area is 167 Å². The fraction of sp³-hybridized carbons (Fsp3) is 0.450. The van der Waals surface area contributed by atoms with Crippen molar-refractivity contribution in [3.05, 3.63) is 56.9 Å². The van der Waals surface area contributed by atoms with Crippen LogP contribution in [0.25, 0.3) is 0 Å². The van der Waals surface area contributed by atoms with Gasteiger partial charge in [-0.2, -0.15) is 0 Å². The first-order valence-electron chi connectivity index (χ1n) is 9.59. The van der Waals surface area contributed by atoms with E-state index in [1.54, 1.807) is 11.9 Å². The molecule has 1 amide bonds. The lowest BCUT2D eigenvalue weighted by atomic mass is 10.1. The Morgan fingerprint density at radius 2 is 1.83 bits per heavy atom. The number of amides is 1. The predicted octanol–water partition coefficient (Wildman–Crippen LogP) is -0.290. The zero-order chi connectivity index (χ0) is 20.5. The summed E-state index contributed by atoms with van der Waals surface area (Å²) in [4.78, 5) is 41.1. The van der Waals surface area contributed by atoms with Gasteiger partial charge in [0.05, 0.1) is 32.0 Å². The van der Waals surface area contributed by atoms with E-state index in [4.69, 9.17) is 9.47 Å². The predicted molar refractivity (Wildman–Crippen MR) is 106 cm³/mol. The smallest absolute Gasteiger partial charge is 0.330 e. The van der Waals surface area contributed by atoms with Gasteiger partial charge in [-0.3, -0.25) is 18.7 Å². The number of benzene rings is 1. The van der Waals surface area contributed by atoms with E-state index < -0.39 is 6.10 Å². The second kappa shape index (κ2) is 7.75. The molecule has 1 aromatic carbocycles. The van der Waals surface area contributed by atoms with E-state index in [2.05, 4.69) is 0 Å². The molecule has 0 bridgehead atoms. The van der Waals surface area contributed by atoms with Crippen LogP contribution >= 0.6 is 0 Å². The molecule has 0 aliphatic carbocycles. The average molecular weight is 400 g/mol. The lowest BCUT2D eigenvalue weighted by Gasteiger charge is -2.38. The zero-order valence-electron chi connectivity index (χ0n) is 16.5. The molecule has 2 aromatic rings. The minimum Gasteiger partial charge on any atom is -0.477 e. The Hall–Kier alpha value is -3.07. The van der Waals surface area contributed by atoms with Crippen LogP contribution in [0.5, 0.6) is 5.75 Å². The Morgan fingerprint density at radius 3 is 2.59 bits per heavy atom. The molecule has 9 heteroatoms. The van der Waals surface area contributed by atoms with Gasteiger partial charge < -0.3 is 19.3 Å². The highest BCUT2D eigenvalue weighted by Gasteiger charge is 2.34. The molecule has 2 aliphatic rings. The number of carbonyl (C=O) groups excluding carboxylic acids is 1. The van der Waals surface area contributed by atoms with Gasteiger partial charge >= 0.3 is 5.69 Å². The number of rotatable bonds is 3. The standard InChI is InChI=1S/C20H24N4O5/c1-21-14(11-18(25)22(2)20(21)27)12-24-13-17(19(26)23-7-9-28-10-8-23)29-16-6-4-3-5-15(16)24/h3-6,11,17H,7-10,12-13H2,1-2H3. The monoisotopic (exact) mass is 400 g/mol. The van der Waals surface area contributed by atoms with Crippen LogP contribution < -0.4 is 20.9 Å². The third-order valence-electron chi connectivity index (χ3n) is 5.44. The molecule has 1 atom stereocenters. The van der Waals surface area contributed by atoms with Crippen molar-refractivity contribution < 1.29 is 14.3 Å². The summed E-state index contributed by atoms with van der Waals surface area (Å²) in [6, 6.07) is 8.93. The third kappa shape index (κ3) is 3.65. The van der Waals surface area contributed by atoms with E-state index in [-0.39, 0.29) is 17.2 Å². The molecule has 2 aliphatic heterocycles. The van der Waals surface area contributed by atoms with Crippen molar-refractivity contribution in [2.45, 2.75) is 12.6 Å². The summed E-state index contributed by atoms with van der Waals surface area (Å²) in [5.74, 6) is 0.532. The maximum atomic E-state index is 13.0. The summed E-state index contributed by atoms with van der Waals surface area (Å²) in [6.45, 7) is 2.78. The van der Waals surface area contributed by atoms with Crippen molar-refractivity contribution in [3.8, 4) is 5.75 Å². The summed E-state index contributed by atoms with van der Waals surface area (Å²) >= 11 is 0. The minimum atomic E-state index is -0.661. The lowest BCUT2D eigenvalue weighted by molar-refractivity contribution is -0.142. The fourth-order valence-electron chi connectivity index (χ4n) is 3.70. The van der Waals surface area contributed by atoms with E-state index in [9.17, 15) is 14.4 Å². The molecular weight excluding hydrogens is 376 g/mol. The first-order chi connectivity index (χ1) is 14.0. The molecule has 0 saturated carbocycles. The van der Waals surface area contributed by atoms with Gasteiger partial charge in [-0.25, -0.2) is 4.79 Å². The van der Waals surface area contributed by atoms with Crippen LogP contribution in [0.2, 0.25) is 0 Å². The van der Waals surface area contributed by atoms with Crippen molar-refractivity contribution in [1.29, 1.82) is 0 Å². The normalized spacial score (nSPS) is 18.9.